The molecule has 0 fully saturated rings. The molecule has 6 heteroatoms. The van der Waals surface area contributed by atoms with Crippen molar-refractivity contribution in [1.82, 2.24) is 4.57 Å². The van der Waals surface area contributed by atoms with Crippen LogP contribution in [0.15, 0.2) is 47.4 Å². The van der Waals surface area contributed by atoms with E-state index in [0.717, 1.165) is 54.8 Å². The van der Waals surface area contributed by atoms with Gasteiger partial charge in [-0.25, -0.2) is 12.8 Å². The van der Waals surface area contributed by atoms with Crippen molar-refractivity contribution in [2.45, 2.75) is 49.5 Å². The van der Waals surface area contributed by atoms with E-state index in [1.807, 2.05) is 34.9 Å². The van der Waals surface area contributed by atoms with E-state index in [4.69, 9.17) is 0 Å². The number of nitrogens with zero attached hydrogens (tertiary/aromatic N) is 1. The zero-order chi connectivity index (χ0) is 20.8. The molecule has 1 aromatic heterocycles. The fourth-order valence-corrected chi connectivity index (χ4v) is 5.73. The van der Waals surface area contributed by atoms with Crippen LogP contribution in [0.1, 0.15) is 55.0 Å². The minimum Gasteiger partial charge on any atom is -0.394 e. The Bertz CT molecular complexity index is 1150. The van der Waals surface area contributed by atoms with Gasteiger partial charge in [-0.3, -0.25) is 0 Å². The summed E-state index contributed by atoms with van der Waals surface area (Å²) in [5, 5.41) is 11.0. The zero-order valence-corrected chi connectivity index (χ0v) is 17.5. The van der Waals surface area contributed by atoms with Crippen molar-refractivity contribution in [3.05, 3.63) is 65.1 Å². The van der Waals surface area contributed by atoms with E-state index < -0.39 is 21.7 Å². The van der Waals surface area contributed by atoms with Crippen molar-refractivity contribution in [2.24, 2.45) is 0 Å². The van der Waals surface area contributed by atoms with Gasteiger partial charge in [0.15, 0.2) is 9.84 Å². The molecule has 1 aliphatic carbocycles. The topological polar surface area (TPSA) is 59.3 Å². The molecule has 0 saturated carbocycles. The van der Waals surface area contributed by atoms with Crippen LogP contribution < -0.4 is 0 Å². The van der Waals surface area contributed by atoms with Crippen molar-refractivity contribution in [3.63, 3.8) is 0 Å². The van der Waals surface area contributed by atoms with Gasteiger partial charge in [-0.15, -0.1) is 0 Å². The zero-order valence-electron chi connectivity index (χ0n) is 16.7. The highest BCUT2D eigenvalue weighted by Gasteiger charge is 2.33. The molecular formula is C23H26FNO3S. The summed E-state index contributed by atoms with van der Waals surface area (Å²) >= 11 is 0. The maximum Gasteiger partial charge on any atom is 0.177 e. The van der Waals surface area contributed by atoms with Gasteiger partial charge in [0.1, 0.15) is 5.82 Å². The van der Waals surface area contributed by atoms with Crippen molar-refractivity contribution in [3.8, 4) is 0 Å². The Labute approximate surface area is 170 Å². The van der Waals surface area contributed by atoms with Gasteiger partial charge < -0.3 is 9.67 Å². The standard InChI is InChI=1S/C23H26FNO3S/c1-3-15-10-7-11-18-19-12-17(24)13-21(29(2,27)28)23(19)25(22(15)18)20(14-26)16-8-5-4-6-9-16/h4-6,8-9,12-13,15,20,26H,3,7,10-11,14H2,1-2H3. The third-order valence-electron chi connectivity index (χ3n) is 6.10. The highest BCUT2D eigenvalue weighted by atomic mass is 32.2. The molecule has 4 rings (SSSR count). The molecule has 0 saturated heterocycles. The summed E-state index contributed by atoms with van der Waals surface area (Å²) in [7, 11) is -3.66. The molecule has 0 amide bonds. The second-order valence-corrected chi connectivity index (χ2v) is 9.90. The summed E-state index contributed by atoms with van der Waals surface area (Å²) in [6.07, 6.45) is 4.81. The third-order valence-corrected chi connectivity index (χ3v) is 7.21. The Hall–Kier alpha value is -2.18. The van der Waals surface area contributed by atoms with Crippen LogP contribution in [0.4, 0.5) is 4.39 Å². The molecule has 1 heterocycles. The van der Waals surface area contributed by atoms with Crippen LogP contribution >= 0.6 is 0 Å². The number of hydrogen-bond donors (Lipinski definition) is 1. The van der Waals surface area contributed by atoms with Crippen LogP contribution in [0.3, 0.4) is 0 Å². The maximum atomic E-state index is 14.5. The van der Waals surface area contributed by atoms with Crippen LogP contribution in [-0.2, 0) is 16.3 Å². The number of aryl methyl sites for hydroxylation is 1. The first-order chi connectivity index (χ1) is 13.9. The molecule has 0 radical (unpaired) electrons. The molecule has 4 nitrogen and oxygen atoms in total. The summed E-state index contributed by atoms with van der Waals surface area (Å²) in [5.41, 5.74) is 3.49. The van der Waals surface area contributed by atoms with E-state index in [9.17, 15) is 17.9 Å². The average Bonchev–Trinajstić information content (AvgIpc) is 3.02. The van der Waals surface area contributed by atoms with Crippen LogP contribution in [-0.4, -0.2) is 31.0 Å². The lowest BCUT2D eigenvalue weighted by molar-refractivity contribution is 0.247. The number of benzene rings is 2. The van der Waals surface area contributed by atoms with Crippen molar-refractivity contribution < 1.29 is 17.9 Å². The average molecular weight is 416 g/mol. The fraction of sp³-hybridized carbons (Fsp3) is 0.391. The number of aliphatic hydroxyl groups is 1. The van der Waals surface area contributed by atoms with E-state index in [1.54, 1.807) is 0 Å². The molecule has 1 aliphatic rings. The molecule has 0 bridgehead atoms. The van der Waals surface area contributed by atoms with Gasteiger partial charge in [-0.2, -0.15) is 0 Å². The van der Waals surface area contributed by atoms with Crippen LogP contribution in [0.2, 0.25) is 0 Å². The number of rotatable bonds is 5. The highest BCUT2D eigenvalue weighted by molar-refractivity contribution is 7.91. The van der Waals surface area contributed by atoms with Gasteiger partial charge in [0, 0.05) is 17.3 Å². The first-order valence-corrected chi connectivity index (χ1v) is 12.0. The predicted octanol–water partition coefficient (Wildman–Crippen LogP) is 4.60. The predicted molar refractivity (Wildman–Crippen MR) is 113 cm³/mol. The normalized spacial score (nSPS) is 18.0. The quantitative estimate of drug-likeness (QED) is 0.663. The van der Waals surface area contributed by atoms with Gasteiger partial charge in [0.2, 0.25) is 0 Å². The SMILES string of the molecule is CCC1CCCc2c1n(C(CO)c1ccccc1)c1c(S(C)(=O)=O)cc(F)cc21. The van der Waals surface area contributed by atoms with Crippen molar-refractivity contribution >= 4 is 20.7 Å². The van der Waals surface area contributed by atoms with E-state index in [-0.39, 0.29) is 17.4 Å². The van der Waals surface area contributed by atoms with Gasteiger partial charge in [-0.05, 0) is 54.9 Å². The van der Waals surface area contributed by atoms with E-state index in [2.05, 4.69) is 6.92 Å². The third kappa shape index (κ3) is 3.38. The summed E-state index contributed by atoms with van der Waals surface area (Å²) in [4.78, 5) is -0.00821. The Morgan fingerprint density at radius 2 is 1.97 bits per heavy atom. The van der Waals surface area contributed by atoms with Crippen molar-refractivity contribution in [1.29, 1.82) is 0 Å². The number of sulfone groups is 1. The lowest BCUT2D eigenvalue weighted by atomic mass is 9.85. The van der Waals surface area contributed by atoms with E-state index in [0.29, 0.717) is 10.9 Å². The molecule has 29 heavy (non-hydrogen) atoms. The van der Waals surface area contributed by atoms with Crippen LogP contribution in [0.5, 0.6) is 0 Å². The molecule has 0 aliphatic heterocycles. The smallest absolute Gasteiger partial charge is 0.177 e. The summed E-state index contributed by atoms with van der Waals surface area (Å²) in [6.45, 7) is 1.95. The highest BCUT2D eigenvalue weighted by Crippen LogP contribution is 2.44. The van der Waals surface area contributed by atoms with Gasteiger partial charge in [0.05, 0.1) is 23.1 Å². The largest absolute Gasteiger partial charge is 0.394 e. The maximum absolute atomic E-state index is 14.5. The lowest BCUT2D eigenvalue weighted by Gasteiger charge is -2.29. The van der Waals surface area contributed by atoms with Crippen LogP contribution in [0.25, 0.3) is 10.9 Å². The van der Waals surface area contributed by atoms with E-state index in [1.165, 1.54) is 6.07 Å². The molecule has 2 aromatic carbocycles. The second-order valence-electron chi connectivity index (χ2n) is 7.91. The summed E-state index contributed by atoms with van der Waals surface area (Å²) in [6, 6.07) is 11.7. The first kappa shape index (κ1) is 20.1. The van der Waals surface area contributed by atoms with Gasteiger partial charge in [0.25, 0.3) is 0 Å². The number of hydrogen-bond acceptors (Lipinski definition) is 3. The number of halogens is 1. The summed E-state index contributed by atoms with van der Waals surface area (Å²) in [5.74, 6) is -0.295. The molecule has 154 valence electrons. The Balaban J connectivity index is 2.17. The first-order valence-electron chi connectivity index (χ1n) is 10.1. The number of fused-ring (bicyclic) bond motifs is 3. The number of aromatic nitrogens is 1. The van der Waals surface area contributed by atoms with E-state index >= 15 is 0 Å². The lowest BCUT2D eigenvalue weighted by Crippen LogP contribution is -2.21. The Kier molecular flexibility index (Phi) is 5.25. The molecule has 1 N–H and O–H groups in total. The molecular weight excluding hydrogens is 389 g/mol. The molecule has 0 spiro atoms. The van der Waals surface area contributed by atoms with Gasteiger partial charge in [-0.1, -0.05) is 37.3 Å². The van der Waals surface area contributed by atoms with Crippen LogP contribution in [0, 0.1) is 5.82 Å². The Morgan fingerprint density at radius 3 is 2.59 bits per heavy atom. The number of aliphatic hydroxyl groups excluding tert-OH is 1. The minimum absolute atomic E-state index is 0.00821. The molecule has 2 unspecified atom stereocenters. The molecule has 3 aromatic rings. The molecule has 2 atom stereocenters. The van der Waals surface area contributed by atoms with Crippen molar-refractivity contribution in [2.75, 3.05) is 12.9 Å². The second kappa shape index (κ2) is 7.58. The monoisotopic (exact) mass is 415 g/mol. The van der Waals surface area contributed by atoms with Gasteiger partial charge >= 0.3 is 0 Å². The minimum atomic E-state index is -3.66. The summed E-state index contributed by atoms with van der Waals surface area (Å²) < 4.78 is 41.7. The fourth-order valence-electron chi connectivity index (χ4n) is 4.84. The Morgan fingerprint density at radius 1 is 1.24 bits per heavy atom.